The zero-order valence-electron chi connectivity index (χ0n) is 17.9. The van der Waals surface area contributed by atoms with E-state index in [1.165, 1.54) is 24.3 Å². The van der Waals surface area contributed by atoms with Gasteiger partial charge in [0, 0.05) is 11.4 Å². The van der Waals surface area contributed by atoms with Crippen LogP contribution in [0.1, 0.15) is 12.5 Å². The van der Waals surface area contributed by atoms with E-state index >= 15 is 0 Å². The Balaban J connectivity index is 1.62. The van der Waals surface area contributed by atoms with Gasteiger partial charge >= 0.3 is 0 Å². The van der Waals surface area contributed by atoms with E-state index in [1.54, 1.807) is 43.3 Å². The Morgan fingerprint density at radius 1 is 0.909 bits per heavy atom. The molecule has 0 aromatic heterocycles. The molecule has 3 aromatic rings. The summed E-state index contributed by atoms with van der Waals surface area (Å²) in [7, 11) is -3.81. The molecule has 0 spiro atoms. The minimum absolute atomic E-state index is 0.0708. The lowest BCUT2D eigenvalue weighted by Gasteiger charge is -2.13. The molecule has 174 valence electrons. The molecule has 0 heterocycles. The first kappa shape index (κ1) is 24.7. The molecule has 0 aliphatic carbocycles. The molecule has 0 unspecified atom stereocenters. The summed E-state index contributed by atoms with van der Waals surface area (Å²) in [6, 6.07) is 15.7. The van der Waals surface area contributed by atoms with E-state index < -0.39 is 15.9 Å². The second-order valence-electron chi connectivity index (χ2n) is 6.96. The fourth-order valence-corrected chi connectivity index (χ4v) is 4.31. The van der Waals surface area contributed by atoms with Crippen molar-refractivity contribution in [2.75, 3.05) is 23.3 Å². The molecule has 2 N–H and O–H groups in total. The van der Waals surface area contributed by atoms with Crippen LogP contribution in [0.5, 0.6) is 11.5 Å². The van der Waals surface area contributed by atoms with Crippen molar-refractivity contribution in [3.63, 3.8) is 0 Å². The number of ether oxygens (including phenoxy) is 2. The molecule has 7 nitrogen and oxygen atoms in total. The highest BCUT2D eigenvalue weighted by atomic mass is 35.5. The Hall–Kier alpha value is -2.94. The lowest BCUT2D eigenvalue weighted by atomic mass is 10.2. The topological polar surface area (TPSA) is 93.7 Å². The molecule has 1 amide bonds. The van der Waals surface area contributed by atoms with Gasteiger partial charge in [-0.15, -0.1) is 0 Å². The molecule has 33 heavy (non-hydrogen) atoms. The van der Waals surface area contributed by atoms with E-state index in [9.17, 15) is 13.2 Å². The van der Waals surface area contributed by atoms with Crippen molar-refractivity contribution in [1.29, 1.82) is 0 Å². The van der Waals surface area contributed by atoms with Crippen LogP contribution in [-0.4, -0.2) is 27.5 Å². The molecular formula is C23H22Cl2N2O5S. The second-order valence-corrected chi connectivity index (χ2v) is 9.45. The van der Waals surface area contributed by atoms with E-state index in [0.717, 1.165) is 0 Å². The van der Waals surface area contributed by atoms with Gasteiger partial charge in [-0.3, -0.25) is 9.52 Å². The summed E-state index contributed by atoms with van der Waals surface area (Å²) >= 11 is 11.8. The summed E-state index contributed by atoms with van der Waals surface area (Å²) in [6.45, 7) is 3.82. The number of halogens is 2. The normalized spacial score (nSPS) is 11.0. The van der Waals surface area contributed by atoms with E-state index in [4.69, 9.17) is 32.7 Å². The zero-order chi connectivity index (χ0) is 24.0. The molecular weight excluding hydrogens is 487 g/mol. The van der Waals surface area contributed by atoms with Gasteiger partial charge in [0.15, 0.2) is 6.61 Å². The third kappa shape index (κ3) is 6.77. The Kier molecular flexibility index (Phi) is 8.07. The van der Waals surface area contributed by atoms with Crippen LogP contribution in [-0.2, 0) is 14.8 Å². The maximum Gasteiger partial charge on any atom is 0.262 e. The number of sulfonamides is 1. The molecule has 0 fully saturated rings. The van der Waals surface area contributed by atoms with E-state index in [-0.39, 0.29) is 11.5 Å². The quantitative estimate of drug-likeness (QED) is 0.396. The molecule has 3 rings (SSSR count). The highest BCUT2D eigenvalue weighted by Gasteiger charge is 2.16. The van der Waals surface area contributed by atoms with Crippen molar-refractivity contribution in [3.05, 3.63) is 76.3 Å². The Morgan fingerprint density at radius 3 is 2.24 bits per heavy atom. The van der Waals surface area contributed by atoms with Gasteiger partial charge in [0.05, 0.1) is 21.5 Å². The third-order valence-corrected chi connectivity index (χ3v) is 6.55. The van der Waals surface area contributed by atoms with Crippen molar-refractivity contribution in [2.45, 2.75) is 18.7 Å². The fraction of sp³-hybridized carbons (Fsp3) is 0.174. The highest BCUT2D eigenvalue weighted by molar-refractivity contribution is 7.92. The van der Waals surface area contributed by atoms with Crippen molar-refractivity contribution in [2.24, 2.45) is 0 Å². The standard InChI is InChI=1S/C23H22Cl2N2O5S/c1-3-31-18-7-4-16(5-8-18)27-33(29,30)19-9-11-22(15(2)12-19)32-14-23(28)26-17-6-10-20(24)21(25)13-17/h4-13,27H,3,14H2,1-2H3,(H,26,28). The number of hydrogen-bond donors (Lipinski definition) is 2. The Labute approximate surface area is 202 Å². The van der Waals surface area contributed by atoms with Crippen LogP contribution in [0.4, 0.5) is 11.4 Å². The smallest absolute Gasteiger partial charge is 0.262 e. The Morgan fingerprint density at radius 2 is 1.61 bits per heavy atom. The number of rotatable bonds is 9. The van der Waals surface area contributed by atoms with E-state index in [2.05, 4.69) is 10.0 Å². The van der Waals surface area contributed by atoms with Gasteiger partial charge < -0.3 is 14.8 Å². The Bertz CT molecular complexity index is 1250. The summed E-state index contributed by atoms with van der Waals surface area (Å²) in [5, 5.41) is 3.36. The van der Waals surface area contributed by atoms with Gasteiger partial charge in [-0.25, -0.2) is 8.42 Å². The predicted molar refractivity (Wildman–Crippen MR) is 130 cm³/mol. The van der Waals surface area contributed by atoms with Crippen LogP contribution in [0.3, 0.4) is 0 Å². The summed E-state index contributed by atoms with van der Waals surface area (Å²) in [4.78, 5) is 12.2. The molecule has 0 aliphatic rings. The average molecular weight is 509 g/mol. The lowest BCUT2D eigenvalue weighted by Crippen LogP contribution is -2.20. The van der Waals surface area contributed by atoms with Crippen molar-refractivity contribution >= 4 is 50.5 Å². The minimum Gasteiger partial charge on any atom is -0.494 e. The monoisotopic (exact) mass is 508 g/mol. The average Bonchev–Trinajstić information content (AvgIpc) is 2.77. The van der Waals surface area contributed by atoms with Crippen LogP contribution in [0.2, 0.25) is 10.0 Å². The van der Waals surface area contributed by atoms with Gasteiger partial charge in [0.2, 0.25) is 0 Å². The van der Waals surface area contributed by atoms with E-state index in [0.29, 0.717) is 45.1 Å². The van der Waals surface area contributed by atoms with Crippen molar-refractivity contribution < 1.29 is 22.7 Å². The molecule has 10 heteroatoms. The second kappa shape index (κ2) is 10.8. The van der Waals surface area contributed by atoms with Crippen LogP contribution < -0.4 is 19.5 Å². The van der Waals surface area contributed by atoms with Gasteiger partial charge in [-0.05, 0) is 80.1 Å². The van der Waals surface area contributed by atoms with Crippen LogP contribution >= 0.6 is 23.2 Å². The molecule has 0 saturated carbocycles. The number of hydrogen-bond acceptors (Lipinski definition) is 5. The number of aryl methyl sites for hydroxylation is 1. The maximum absolute atomic E-state index is 12.7. The number of anilines is 2. The third-order valence-electron chi connectivity index (χ3n) is 4.44. The fourth-order valence-electron chi connectivity index (χ4n) is 2.87. The largest absolute Gasteiger partial charge is 0.494 e. The summed E-state index contributed by atoms with van der Waals surface area (Å²) in [5.41, 5.74) is 1.46. The molecule has 3 aromatic carbocycles. The number of carbonyl (C=O) groups is 1. The number of amides is 1. The number of benzene rings is 3. The first-order valence-electron chi connectivity index (χ1n) is 9.92. The van der Waals surface area contributed by atoms with Crippen molar-refractivity contribution in [1.82, 2.24) is 0 Å². The van der Waals surface area contributed by atoms with Gasteiger partial charge in [0.1, 0.15) is 11.5 Å². The summed E-state index contributed by atoms with van der Waals surface area (Å²) < 4.78 is 38.9. The number of nitrogens with one attached hydrogen (secondary N) is 2. The molecule has 0 bridgehead atoms. The molecule has 0 saturated heterocycles. The lowest BCUT2D eigenvalue weighted by molar-refractivity contribution is -0.118. The first-order chi connectivity index (χ1) is 15.7. The molecule has 0 aliphatic heterocycles. The highest BCUT2D eigenvalue weighted by Crippen LogP contribution is 2.26. The van der Waals surface area contributed by atoms with E-state index in [1.807, 2.05) is 6.92 Å². The first-order valence-corrected chi connectivity index (χ1v) is 12.2. The molecule has 0 radical (unpaired) electrons. The summed E-state index contributed by atoms with van der Waals surface area (Å²) in [5.74, 6) is 0.641. The van der Waals surface area contributed by atoms with Gasteiger partial charge in [0.25, 0.3) is 15.9 Å². The van der Waals surface area contributed by atoms with Gasteiger partial charge in [-0.2, -0.15) is 0 Å². The van der Waals surface area contributed by atoms with Gasteiger partial charge in [-0.1, -0.05) is 23.2 Å². The summed E-state index contributed by atoms with van der Waals surface area (Å²) in [6.07, 6.45) is 0. The zero-order valence-corrected chi connectivity index (χ0v) is 20.2. The number of carbonyl (C=O) groups excluding carboxylic acids is 1. The minimum atomic E-state index is -3.81. The van der Waals surface area contributed by atoms with Crippen LogP contribution in [0, 0.1) is 6.92 Å². The van der Waals surface area contributed by atoms with Crippen molar-refractivity contribution in [3.8, 4) is 11.5 Å². The van der Waals surface area contributed by atoms with Crippen LogP contribution in [0.15, 0.2) is 65.6 Å². The van der Waals surface area contributed by atoms with Crippen LogP contribution in [0.25, 0.3) is 0 Å². The SMILES string of the molecule is CCOc1ccc(NS(=O)(=O)c2ccc(OCC(=O)Nc3ccc(Cl)c(Cl)c3)c(C)c2)cc1. The molecule has 0 atom stereocenters. The predicted octanol–water partition coefficient (Wildman–Crippen LogP) is 5.52. The maximum atomic E-state index is 12.7.